The van der Waals surface area contributed by atoms with Crippen molar-refractivity contribution >= 4 is 17.2 Å². The number of hydrogen-bond donors (Lipinski definition) is 2. The first-order chi connectivity index (χ1) is 8.61. The van der Waals surface area contributed by atoms with Gasteiger partial charge in [0, 0.05) is 15.8 Å². The SMILES string of the molecule is CC(C)OCC(=O)NCc1cc(C#CCO)cs1. The summed E-state index contributed by atoms with van der Waals surface area (Å²) < 4.78 is 5.19. The number of thiophene rings is 1. The molecule has 0 radical (unpaired) electrons. The highest BCUT2D eigenvalue weighted by Gasteiger charge is 2.04. The monoisotopic (exact) mass is 267 g/mol. The van der Waals surface area contributed by atoms with Gasteiger partial charge in [-0.25, -0.2) is 0 Å². The number of carbonyl (C=O) groups excluding carboxylic acids is 1. The third kappa shape index (κ3) is 5.82. The number of ether oxygens (including phenoxy) is 1. The van der Waals surface area contributed by atoms with Crippen LogP contribution in [0.2, 0.25) is 0 Å². The van der Waals surface area contributed by atoms with Crippen molar-refractivity contribution in [2.24, 2.45) is 0 Å². The molecule has 1 heterocycles. The van der Waals surface area contributed by atoms with Crippen LogP contribution in [0.25, 0.3) is 0 Å². The van der Waals surface area contributed by atoms with Crippen molar-refractivity contribution in [2.75, 3.05) is 13.2 Å². The molecule has 0 atom stereocenters. The molecular formula is C13H17NO3S. The van der Waals surface area contributed by atoms with E-state index < -0.39 is 0 Å². The van der Waals surface area contributed by atoms with Crippen LogP contribution in [0.15, 0.2) is 11.4 Å². The number of rotatable bonds is 5. The summed E-state index contributed by atoms with van der Waals surface area (Å²) in [6.07, 6.45) is 0.0536. The van der Waals surface area contributed by atoms with Crippen LogP contribution in [0, 0.1) is 11.8 Å². The summed E-state index contributed by atoms with van der Waals surface area (Å²) in [5, 5.41) is 13.2. The molecule has 0 aliphatic rings. The lowest BCUT2D eigenvalue weighted by molar-refractivity contribution is -0.127. The highest BCUT2D eigenvalue weighted by Crippen LogP contribution is 2.13. The van der Waals surface area contributed by atoms with E-state index in [1.807, 2.05) is 25.3 Å². The third-order valence-corrected chi connectivity index (χ3v) is 2.91. The van der Waals surface area contributed by atoms with Crippen LogP contribution in [0.4, 0.5) is 0 Å². The number of carbonyl (C=O) groups is 1. The lowest BCUT2D eigenvalue weighted by atomic mass is 10.3. The van der Waals surface area contributed by atoms with E-state index in [1.165, 1.54) is 11.3 Å². The fourth-order valence-corrected chi connectivity index (χ4v) is 1.92. The van der Waals surface area contributed by atoms with Crippen LogP contribution >= 0.6 is 11.3 Å². The fourth-order valence-electron chi connectivity index (χ4n) is 1.16. The van der Waals surface area contributed by atoms with Crippen LogP contribution in [0.5, 0.6) is 0 Å². The van der Waals surface area contributed by atoms with Crippen molar-refractivity contribution in [3.8, 4) is 11.8 Å². The zero-order valence-corrected chi connectivity index (χ0v) is 11.3. The Balaban J connectivity index is 2.35. The van der Waals surface area contributed by atoms with Crippen molar-refractivity contribution in [1.29, 1.82) is 0 Å². The van der Waals surface area contributed by atoms with Crippen LogP contribution in [-0.4, -0.2) is 30.3 Å². The maximum atomic E-state index is 11.4. The Morgan fingerprint density at radius 1 is 1.61 bits per heavy atom. The average molecular weight is 267 g/mol. The Bertz CT molecular complexity index is 443. The molecule has 1 amide bonds. The standard InChI is InChI=1S/C13H17NO3S/c1-10(2)17-8-13(16)14-7-12-6-11(9-18-12)4-3-5-15/h6,9-10,15H,5,7-8H2,1-2H3,(H,14,16). The van der Waals surface area contributed by atoms with E-state index in [-0.39, 0.29) is 25.2 Å². The maximum Gasteiger partial charge on any atom is 0.246 e. The molecule has 2 N–H and O–H groups in total. The number of hydrogen-bond acceptors (Lipinski definition) is 4. The molecule has 1 rings (SSSR count). The molecule has 0 aliphatic heterocycles. The average Bonchev–Trinajstić information content (AvgIpc) is 2.79. The lowest BCUT2D eigenvalue weighted by Crippen LogP contribution is -2.28. The van der Waals surface area contributed by atoms with Crippen LogP contribution in [0.3, 0.4) is 0 Å². The van der Waals surface area contributed by atoms with E-state index in [2.05, 4.69) is 17.2 Å². The summed E-state index contributed by atoms with van der Waals surface area (Å²) in [5.74, 6) is 5.27. The smallest absolute Gasteiger partial charge is 0.246 e. The van der Waals surface area contributed by atoms with Gasteiger partial charge in [0.05, 0.1) is 12.6 Å². The summed E-state index contributed by atoms with van der Waals surface area (Å²) in [4.78, 5) is 12.4. The van der Waals surface area contributed by atoms with Crippen molar-refractivity contribution in [3.63, 3.8) is 0 Å². The molecule has 0 aromatic carbocycles. The van der Waals surface area contributed by atoms with E-state index in [1.54, 1.807) is 0 Å². The maximum absolute atomic E-state index is 11.4. The summed E-state index contributed by atoms with van der Waals surface area (Å²) in [7, 11) is 0. The lowest BCUT2D eigenvalue weighted by Gasteiger charge is -2.07. The second-order valence-corrected chi connectivity index (χ2v) is 4.89. The first-order valence-corrected chi connectivity index (χ1v) is 6.55. The van der Waals surface area contributed by atoms with Gasteiger partial charge >= 0.3 is 0 Å². The Morgan fingerprint density at radius 2 is 2.39 bits per heavy atom. The van der Waals surface area contributed by atoms with Crippen molar-refractivity contribution < 1.29 is 14.6 Å². The van der Waals surface area contributed by atoms with Gasteiger partial charge < -0.3 is 15.2 Å². The summed E-state index contributed by atoms with van der Waals surface area (Å²) >= 11 is 1.53. The summed E-state index contributed by atoms with van der Waals surface area (Å²) in [6, 6.07) is 1.90. The van der Waals surface area contributed by atoms with E-state index in [0.29, 0.717) is 6.54 Å². The van der Waals surface area contributed by atoms with Gasteiger partial charge in [-0.3, -0.25) is 4.79 Å². The molecule has 0 saturated carbocycles. The normalized spacial score (nSPS) is 10.0. The Kier molecular flexibility index (Phi) is 6.44. The molecule has 0 fully saturated rings. The van der Waals surface area contributed by atoms with Crippen molar-refractivity contribution in [2.45, 2.75) is 26.5 Å². The molecule has 5 heteroatoms. The van der Waals surface area contributed by atoms with E-state index in [4.69, 9.17) is 9.84 Å². The van der Waals surface area contributed by atoms with Crippen LogP contribution in [0.1, 0.15) is 24.3 Å². The molecule has 1 aromatic heterocycles. The molecule has 1 aromatic rings. The number of aliphatic hydroxyl groups is 1. The Hall–Kier alpha value is -1.35. The van der Waals surface area contributed by atoms with E-state index >= 15 is 0 Å². The highest BCUT2D eigenvalue weighted by molar-refractivity contribution is 7.10. The van der Waals surface area contributed by atoms with Crippen molar-refractivity contribution in [1.82, 2.24) is 5.32 Å². The third-order valence-electron chi connectivity index (χ3n) is 1.97. The van der Waals surface area contributed by atoms with Gasteiger partial charge in [0.25, 0.3) is 0 Å². The first kappa shape index (κ1) is 14.7. The molecule has 0 bridgehead atoms. The van der Waals surface area contributed by atoms with Gasteiger partial charge in [0.2, 0.25) is 5.91 Å². The second-order valence-electron chi connectivity index (χ2n) is 3.90. The van der Waals surface area contributed by atoms with Gasteiger partial charge in [0.1, 0.15) is 13.2 Å². The van der Waals surface area contributed by atoms with Gasteiger partial charge in [0.15, 0.2) is 0 Å². The van der Waals surface area contributed by atoms with Crippen LogP contribution < -0.4 is 5.32 Å². The van der Waals surface area contributed by atoms with Gasteiger partial charge in [-0.15, -0.1) is 11.3 Å². The second kappa shape index (κ2) is 7.88. The fraction of sp³-hybridized carbons (Fsp3) is 0.462. The molecule has 0 saturated heterocycles. The zero-order chi connectivity index (χ0) is 13.4. The highest BCUT2D eigenvalue weighted by atomic mass is 32.1. The van der Waals surface area contributed by atoms with E-state index in [9.17, 15) is 4.79 Å². The van der Waals surface area contributed by atoms with Gasteiger partial charge in [-0.05, 0) is 19.9 Å². The minimum atomic E-state index is -0.144. The predicted octanol–water partition coefficient (Wildman–Crippen LogP) is 1.13. The Morgan fingerprint density at radius 3 is 3.06 bits per heavy atom. The minimum Gasteiger partial charge on any atom is -0.384 e. The minimum absolute atomic E-state index is 0.0536. The summed E-state index contributed by atoms with van der Waals surface area (Å²) in [5.41, 5.74) is 0.858. The quantitative estimate of drug-likeness (QED) is 0.786. The zero-order valence-electron chi connectivity index (χ0n) is 10.5. The molecule has 4 nitrogen and oxygen atoms in total. The predicted molar refractivity (Wildman–Crippen MR) is 71.2 cm³/mol. The first-order valence-electron chi connectivity index (χ1n) is 5.67. The molecule has 0 aliphatic carbocycles. The number of nitrogens with one attached hydrogen (secondary N) is 1. The Labute approximate surface area is 111 Å². The summed E-state index contributed by atoms with van der Waals surface area (Å²) in [6.45, 7) is 4.19. The molecule has 0 unspecified atom stereocenters. The van der Waals surface area contributed by atoms with E-state index in [0.717, 1.165) is 10.4 Å². The topological polar surface area (TPSA) is 58.6 Å². The molecular weight excluding hydrogens is 250 g/mol. The number of amides is 1. The number of aliphatic hydroxyl groups excluding tert-OH is 1. The van der Waals surface area contributed by atoms with Gasteiger partial charge in [-0.1, -0.05) is 11.8 Å². The van der Waals surface area contributed by atoms with Gasteiger partial charge in [-0.2, -0.15) is 0 Å². The molecule has 98 valence electrons. The molecule has 18 heavy (non-hydrogen) atoms. The largest absolute Gasteiger partial charge is 0.384 e. The van der Waals surface area contributed by atoms with Crippen molar-refractivity contribution in [3.05, 3.63) is 21.9 Å². The molecule has 0 spiro atoms. The van der Waals surface area contributed by atoms with Crippen LogP contribution in [-0.2, 0) is 16.1 Å².